The Labute approximate surface area is 73.5 Å². The summed E-state index contributed by atoms with van der Waals surface area (Å²) in [5.74, 6) is 0. The Morgan fingerprint density at radius 1 is 1.45 bits per heavy atom. The van der Waals surface area contributed by atoms with Gasteiger partial charge in [-0.05, 0) is 24.1 Å². The molecular formula is C7H16FOPS. The third kappa shape index (κ3) is 5.77. The first kappa shape index (κ1) is 11.5. The zero-order chi connectivity index (χ0) is 9.28. The molecule has 4 heteroatoms. The fraction of sp³-hybridized carbons (Fsp3) is 1.00. The van der Waals surface area contributed by atoms with Crippen LogP contribution in [0.15, 0.2) is 0 Å². The predicted molar refractivity (Wildman–Crippen MR) is 51.3 cm³/mol. The van der Waals surface area contributed by atoms with Gasteiger partial charge in [-0.1, -0.05) is 20.8 Å². The minimum Gasteiger partial charge on any atom is -0.323 e. The summed E-state index contributed by atoms with van der Waals surface area (Å²) in [6.07, 6.45) is -0.122. The van der Waals surface area contributed by atoms with Crippen LogP contribution in [-0.2, 0) is 16.3 Å². The Hall–Kier alpha value is 0.540. The largest absolute Gasteiger partial charge is 0.323 e. The third-order valence-corrected chi connectivity index (χ3v) is 2.52. The van der Waals surface area contributed by atoms with E-state index in [1.807, 2.05) is 27.7 Å². The van der Waals surface area contributed by atoms with Crippen LogP contribution in [0.1, 0.15) is 27.7 Å². The summed E-state index contributed by atoms with van der Waals surface area (Å²) < 4.78 is 17.9. The second-order valence-corrected chi connectivity index (χ2v) is 7.52. The first-order valence-electron chi connectivity index (χ1n) is 3.58. The molecule has 0 aliphatic rings. The molecule has 2 atom stereocenters. The van der Waals surface area contributed by atoms with Crippen molar-refractivity contribution in [2.24, 2.45) is 5.41 Å². The van der Waals surface area contributed by atoms with Gasteiger partial charge in [0.05, 0.1) is 6.10 Å². The maximum atomic E-state index is 12.9. The molecule has 1 nitrogen and oxygen atoms in total. The second-order valence-electron chi connectivity index (χ2n) is 3.86. The molecule has 0 heterocycles. The molecule has 0 rings (SSSR count). The molecule has 0 spiro atoms. The van der Waals surface area contributed by atoms with Gasteiger partial charge in [-0.2, -0.15) is 4.20 Å². The molecule has 0 fully saturated rings. The van der Waals surface area contributed by atoms with E-state index >= 15 is 0 Å². The lowest BCUT2D eigenvalue weighted by molar-refractivity contribution is 0.111. The van der Waals surface area contributed by atoms with Crippen molar-refractivity contribution < 1.29 is 8.72 Å². The summed E-state index contributed by atoms with van der Waals surface area (Å²) in [7, 11) is 0. The summed E-state index contributed by atoms with van der Waals surface area (Å²) in [5.41, 5.74) is -0.0356. The van der Waals surface area contributed by atoms with E-state index < -0.39 is 6.58 Å². The smallest absolute Gasteiger partial charge is 0.229 e. The molecular weight excluding hydrogens is 182 g/mol. The summed E-state index contributed by atoms with van der Waals surface area (Å²) >= 11 is 4.55. The van der Waals surface area contributed by atoms with Gasteiger partial charge in [-0.3, -0.25) is 0 Å². The molecule has 68 valence electrons. The molecule has 0 saturated carbocycles. The minimum absolute atomic E-state index is 0.0356. The Morgan fingerprint density at radius 3 is 1.91 bits per heavy atom. The van der Waals surface area contributed by atoms with Crippen molar-refractivity contribution in [1.29, 1.82) is 0 Å². The van der Waals surface area contributed by atoms with Crippen LogP contribution >= 0.6 is 6.58 Å². The topological polar surface area (TPSA) is 9.23 Å². The fourth-order valence-corrected chi connectivity index (χ4v) is 1.71. The number of halogens is 1. The molecule has 0 amide bonds. The number of rotatable bonds is 2. The fourth-order valence-electron chi connectivity index (χ4n) is 0.441. The van der Waals surface area contributed by atoms with Crippen LogP contribution in [0.2, 0.25) is 0 Å². The highest BCUT2D eigenvalue weighted by Gasteiger charge is 2.24. The molecule has 0 saturated heterocycles. The Balaban J connectivity index is 4.10. The zero-order valence-corrected chi connectivity index (χ0v) is 9.43. The van der Waals surface area contributed by atoms with Gasteiger partial charge in [0.15, 0.2) is 0 Å². The molecule has 11 heavy (non-hydrogen) atoms. The van der Waals surface area contributed by atoms with Crippen LogP contribution in [0.25, 0.3) is 0 Å². The SMILES string of the molecule is CC(OP(C)(F)=S)C(C)(C)C. The Morgan fingerprint density at radius 2 is 1.82 bits per heavy atom. The summed E-state index contributed by atoms with van der Waals surface area (Å²) in [5, 5.41) is 0. The van der Waals surface area contributed by atoms with Gasteiger partial charge in [-0.15, -0.1) is 0 Å². The lowest BCUT2D eigenvalue weighted by Gasteiger charge is -2.28. The standard InChI is InChI=1S/C7H16FOPS/c1-6(7(2,3)4)9-10(5,8)11/h6H,1-5H3. The van der Waals surface area contributed by atoms with Crippen LogP contribution in [-0.4, -0.2) is 12.8 Å². The molecule has 0 aliphatic carbocycles. The number of hydrogen-bond donors (Lipinski definition) is 0. The molecule has 0 radical (unpaired) electrons. The van der Waals surface area contributed by atoms with Crippen molar-refractivity contribution in [3.63, 3.8) is 0 Å². The first-order chi connectivity index (χ1) is 4.63. The van der Waals surface area contributed by atoms with Gasteiger partial charge in [-0.25, -0.2) is 0 Å². The van der Waals surface area contributed by atoms with E-state index in [0.29, 0.717) is 0 Å². The average Bonchev–Trinajstić information content (AvgIpc) is 1.56. The summed E-state index contributed by atoms with van der Waals surface area (Å²) in [4.78, 5) is 0. The van der Waals surface area contributed by atoms with Gasteiger partial charge in [0.1, 0.15) is 0 Å². The Kier molecular flexibility index (Phi) is 3.68. The van der Waals surface area contributed by atoms with E-state index in [0.717, 1.165) is 0 Å². The lowest BCUT2D eigenvalue weighted by atomic mass is 9.91. The maximum Gasteiger partial charge on any atom is 0.229 e. The van der Waals surface area contributed by atoms with E-state index in [1.54, 1.807) is 0 Å². The first-order valence-corrected chi connectivity index (χ1v) is 6.64. The van der Waals surface area contributed by atoms with Crippen LogP contribution in [0.3, 0.4) is 0 Å². The molecule has 0 aliphatic heterocycles. The molecule has 0 N–H and O–H groups in total. The van der Waals surface area contributed by atoms with Gasteiger partial charge in [0.25, 0.3) is 0 Å². The predicted octanol–water partition coefficient (Wildman–Crippen LogP) is 3.35. The van der Waals surface area contributed by atoms with Gasteiger partial charge >= 0.3 is 0 Å². The zero-order valence-electron chi connectivity index (χ0n) is 7.72. The minimum atomic E-state index is -2.98. The summed E-state index contributed by atoms with van der Waals surface area (Å²) in [6, 6.07) is 0. The van der Waals surface area contributed by atoms with Crippen molar-refractivity contribution in [2.45, 2.75) is 33.8 Å². The van der Waals surface area contributed by atoms with Crippen LogP contribution in [0, 0.1) is 5.41 Å². The van der Waals surface area contributed by atoms with Crippen molar-refractivity contribution in [2.75, 3.05) is 6.66 Å². The third-order valence-electron chi connectivity index (χ3n) is 1.57. The maximum absolute atomic E-state index is 12.9. The Bertz CT molecular complexity index is 170. The second kappa shape index (κ2) is 3.51. The van der Waals surface area contributed by atoms with Gasteiger partial charge in [0, 0.05) is 6.66 Å². The highest BCUT2D eigenvalue weighted by Crippen LogP contribution is 2.48. The van der Waals surface area contributed by atoms with Crippen LogP contribution in [0.5, 0.6) is 0 Å². The van der Waals surface area contributed by atoms with Crippen molar-refractivity contribution in [1.82, 2.24) is 0 Å². The molecule has 0 aromatic heterocycles. The summed E-state index contributed by atoms with van der Waals surface area (Å²) in [6.45, 7) is 6.23. The van der Waals surface area contributed by atoms with Crippen LogP contribution in [0.4, 0.5) is 4.20 Å². The van der Waals surface area contributed by atoms with Gasteiger partial charge in [0.2, 0.25) is 6.58 Å². The highest BCUT2D eigenvalue weighted by molar-refractivity contribution is 8.09. The molecule has 0 aromatic carbocycles. The number of hydrogen-bond acceptors (Lipinski definition) is 2. The van der Waals surface area contributed by atoms with E-state index in [9.17, 15) is 4.20 Å². The normalized spacial score (nSPS) is 20.9. The molecule has 0 bridgehead atoms. The van der Waals surface area contributed by atoms with E-state index in [4.69, 9.17) is 4.52 Å². The quantitative estimate of drug-likeness (QED) is 0.629. The van der Waals surface area contributed by atoms with Crippen LogP contribution < -0.4 is 0 Å². The molecule has 0 aromatic rings. The monoisotopic (exact) mass is 198 g/mol. The van der Waals surface area contributed by atoms with Crippen molar-refractivity contribution in [3.05, 3.63) is 0 Å². The molecule has 2 unspecified atom stereocenters. The lowest BCUT2D eigenvalue weighted by Crippen LogP contribution is -2.24. The van der Waals surface area contributed by atoms with Crippen molar-refractivity contribution in [3.8, 4) is 0 Å². The van der Waals surface area contributed by atoms with E-state index in [2.05, 4.69) is 11.8 Å². The average molecular weight is 198 g/mol. The van der Waals surface area contributed by atoms with Crippen molar-refractivity contribution >= 4 is 18.4 Å². The van der Waals surface area contributed by atoms with E-state index in [1.165, 1.54) is 6.66 Å². The van der Waals surface area contributed by atoms with Gasteiger partial charge < -0.3 is 4.52 Å². The highest BCUT2D eigenvalue weighted by atomic mass is 32.5. The van der Waals surface area contributed by atoms with E-state index in [-0.39, 0.29) is 11.5 Å².